The zero-order valence-electron chi connectivity index (χ0n) is 19.9. The number of benzene rings is 1. The Morgan fingerprint density at radius 3 is 2.53 bits per heavy atom. The van der Waals surface area contributed by atoms with Crippen molar-refractivity contribution in [3.05, 3.63) is 58.4 Å². The molecule has 1 aliphatic carbocycles. The van der Waals surface area contributed by atoms with Crippen molar-refractivity contribution >= 4 is 17.5 Å². The average Bonchev–Trinajstić information content (AvgIpc) is 3.14. The molecule has 0 amide bonds. The molecule has 36 heavy (non-hydrogen) atoms. The maximum Gasteiger partial charge on any atom is 0.391 e. The van der Waals surface area contributed by atoms with Crippen molar-refractivity contribution in [2.24, 2.45) is 5.92 Å². The predicted octanol–water partition coefficient (Wildman–Crippen LogP) is 5.06. The molecule has 3 aliphatic rings. The molecule has 0 radical (unpaired) electrons. The Morgan fingerprint density at radius 2 is 1.81 bits per heavy atom. The summed E-state index contributed by atoms with van der Waals surface area (Å²) in [5.74, 6) is 1.41. The fourth-order valence-corrected chi connectivity index (χ4v) is 5.85. The summed E-state index contributed by atoms with van der Waals surface area (Å²) in [6, 6.07) is 7.51. The van der Waals surface area contributed by atoms with Crippen LogP contribution in [0.5, 0.6) is 0 Å². The van der Waals surface area contributed by atoms with Crippen molar-refractivity contribution in [2.45, 2.75) is 63.8 Å². The molecule has 11 heteroatoms. The van der Waals surface area contributed by atoms with Crippen molar-refractivity contribution in [1.82, 2.24) is 29.6 Å². The van der Waals surface area contributed by atoms with E-state index in [1.807, 2.05) is 31.2 Å². The fourth-order valence-electron chi connectivity index (χ4n) is 5.65. The van der Waals surface area contributed by atoms with Crippen LogP contribution in [-0.2, 0) is 13.1 Å². The van der Waals surface area contributed by atoms with Gasteiger partial charge in [0.25, 0.3) is 0 Å². The molecule has 0 atom stereocenters. The van der Waals surface area contributed by atoms with Crippen LogP contribution in [0.4, 0.5) is 19.1 Å². The van der Waals surface area contributed by atoms with Crippen LogP contribution < -0.4 is 4.90 Å². The summed E-state index contributed by atoms with van der Waals surface area (Å²) in [7, 11) is 0. The highest BCUT2D eigenvalue weighted by molar-refractivity contribution is 6.30. The standard InChI is InChI=1S/C25H27ClF3N7/c1-15-4-7-30-24(31-15)34-8-5-16(6-9-34)23-33-32-22-14-35(20-11-18(12-20)25(27,28)29)13-17-10-19(26)2-3-21(17)36(22)23/h2-4,7,10,16,18,20H,5-6,8-9,11-14H2,1H3. The van der Waals surface area contributed by atoms with Crippen molar-refractivity contribution in [1.29, 1.82) is 0 Å². The third kappa shape index (κ3) is 4.34. The largest absolute Gasteiger partial charge is 0.391 e. The van der Waals surface area contributed by atoms with Crippen molar-refractivity contribution in [2.75, 3.05) is 18.0 Å². The van der Waals surface area contributed by atoms with E-state index in [0.29, 0.717) is 18.1 Å². The summed E-state index contributed by atoms with van der Waals surface area (Å²) in [6.45, 7) is 4.60. The molecule has 0 unspecified atom stereocenters. The lowest BCUT2D eigenvalue weighted by atomic mass is 9.78. The van der Waals surface area contributed by atoms with Crippen LogP contribution in [0.1, 0.15) is 54.5 Å². The highest BCUT2D eigenvalue weighted by atomic mass is 35.5. The Morgan fingerprint density at radius 1 is 1.03 bits per heavy atom. The first-order valence-corrected chi connectivity index (χ1v) is 12.7. The smallest absolute Gasteiger partial charge is 0.341 e. The number of aryl methyl sites for hydroxylation is 1. The molecular formula is C25H27ClF3N7. The second kappa shape index (κ2) is 8.99. The third-order valence-corrected chi connectivity index (χ3v) is 8.01. The lowest BCUT2D eigenvalue weighted by Gasteiger charge is -2.43. The Hall–Kier alpha value is -2.72. The van der Waals surface area contributed by atoms with E-state index in [1.54, 1.807) is 6.20 Å². The van der Waals surface area contributed by atoms with Gasteiger partial charge < -0.3 is 4.90 Å². The SMILES string of the molecule is Cc1ccnc(N2CCC(c3nnc4n3-c3ccc(Cl)cc3CN(C3CC(C(F)(F)F)C3)C4)CC2)n1. The summed E-state index contributed by atoms with van der Waals surface area (Å²) in [6.07, 6.45) is -0.320. The van der Waals surface area contributed by atoms with Gasteiger partial charge >= 0.3 is 6.18 Å². The van der Waals surface area contributed by atoms with Gasteiger partial charge in [-0.25, -0.2) is 9.97 Å². The second-order valence-corrected chi connectivity index (χ2v) is 10.5. The quantitative estimate of drug-likeness (QED) is 0.484. The van der Waals surface area contributed by atoms with Crippen LogP contribution in [0.25, 0.3) is 5.69 Å². The summed E-state index contributed by atoms with van der Waals surface area (Å²) in [5.41, 5.74) is 2.90. The normalized spacial score (nSPS) is 23.1. The Labute approximate surface area is 212 Å². The lowest BCUT2D eigenvalue weighted by molar-refractivity contribution is -0.207. The van der Waals surface area contributed by atoms with Gasteiger partial charge in [0.05, 0.1) is 18.2 Å². The number of hydrogen-bond acceptors (Lipinski definition) is 6. The van der Waals surface area contributed by atoms with Gasteiger partial charge in [-0.2, -0.15) is 13.2 Å². The number of hydrogen-bond donors (Lipinski definition) is 0. The number of aromatic nitrogens is 5. The molecule has 2 aliphatic heterocycles. The summed E-state index contributed by atoms with van der Waals surface area (Å²) < 4.78 is 41.6. The topological polar surface area (TPSA) is 63.0 Å². The summed E-state index contributed by atoms with van der Waals surface area (Å²) in [5, 5.41) is 9.76. The first kappa shape index (κ1) is 23.7. The number of anilines is 1. The maximum atomic E-state index is 13.1. The van der Waals surface area contributed by atoms with Crippen molar-refractivity contribution in [3.63, 3.8) is 0 Å². The van der Waals surface area contributed by atoms with Gasteiger partial charge in [0.1, 0.15) is 5.82 Å². The molecular weight excluding hydrogens is 491 g/mol. The van der Waals surface area contributed by atoms with Gasteiger partial charge in [0, 0.05) is 48.5 Å². The minimum atomic E-state index is -4.13. The minimum absolute atomic E-state index is 0.125. The van der Waals surface area contributed by atoms with Gasteiger partial charge in [-0.15, -0.1) is 10.2 Å². The molecule has 190 valence electrons. The van der Waals surface area contributed by atoms with Crippen LogP contribution >= 0.6 is 11.6 Å². The molecule has 0 N–H and O–H groups in total. The van der Waals surface area contributed by atoms with E-state index >= 15 is 0 Å². The number of nitrogens with zero attached hydrogens (tertiary/aromatic N) is 7. The molecule has 4 heterocycles. The van der Waals surface area contributed by atoms with Crippen LogP contribution in [0.3, 0.4) is 0 Å². The van der Waals surface area contributed by atoms with E-state index in [2.05, 4.69) is 34.5 Å². The van der Waals surface area contributed by atoms with E-state index in [-0.39, 0.29) is 24.8 Å². The van der Waals surface area contributed by atoms with E-state index < -0.39 is 12.1 Å². The Kier molecular flexibility index (Phi) is 5.91. The maximum absolute atomic E-state index is 13.1. The summed E-state index contributed by atoms with van der Waals surface area (Å²) >= 11 is 6.34. The number of piperidine rings is 1. The van der Waals surface area contributed by atoms with Gasteiger partial charge in [-0.3, -0.25) is 9.47 Å². The van der Waals surface area contributed by atoms with E-state index in [0.717, 1.165) is 60.5 Å². The van der Waals surface area contributed by atoms with E-state index in [4.69, 9.17) is 11.6 Å². The van der Waals surface area contributed by atoms with Crippen LogP contribution in [0.15, 0.2) is 30.5 Å². The molecule has 1 saturated carbocycles. The molecule has 0 bridgehead atoms. The van der Waals surface area contributed by atoms with E-state index in [1.165, 1.54) is 0 Å². The Balaban J connectivity index is 1.26. The zero-order chi connectivity index (χ0) is 25.0. The summed E-state index contributed by atoms with van der Waals surface area (Å²) in [4.78, 5) is 13.3. The van der Waals surface area contributed by atoms with Crippen molar-refractivity contribution in [3.8, 4) is 5.69 Å². The van der Waals surface area contributed by atoms with Crippen LogP contribution in [-0.4, -0.2) is 54.9 Å². The molecule has 2 aromatic heterocycles. The Bertz CT molecular complexity index is 1260. The predicted molar refractivity (Wildman–Crippen MR) is 129 cm³/mol. The molecule has 6 rings (SSSR count). The molecule has 2 fully saturated rings. The first-order chi connectivity index (χ1) is 17.3. The number of halogens is 4. The molecule has 1 saturated heterocycles. The average molecular weight is 518 g/mol. The van der Waals surface area contributed by atoms with Gasteiger partial charge in [0.2, 0.25) is 5.95 Å². The van der Waals surface area contributed by atoms with Gasteiger partial charge in [0.15, 0.2) is 5.82 Å². The molecule has 7 nitrogen and oxygen atoms in total. The van der Waals surface area contributed by atoms with Gasteiger partial charge in [-0.05, 0) is 62.4 Å². The minimum Gasteiger partial charge on any atom is -0.341 e. The first-order valence-electron chi connectivity index (χ1n) is 12.3. The highest BCUT2D eigenvalue weighted by Gasteiger charge is 2.49. The molecule has 3 aromatic rings. The molecule has 0 spiro atoms. The van der Waals surface area contributed by atoms with Gasteiger partial charge in [-0.1, -0.05) is 11.6 Å². The lowest BCUT2D eigenvalue weighted by Crippen LogP contribution is -2.48. The van der Waals surface area contributed by atoms with Crippen molar-refractivity contribution < 1.29 is 13.2 Å². The fraction of sp³-hybridized carbons (Fsp3) is 0.520. The monoisotopic (exact) mass is 517 g/mol. The van der Waals surface area contributed by atoms with Crippen LogP contribution in [0, 0.1) is 12.8 Å². The highest BCUT2D eigenvalue weighted by Crippen LogP contribution is 2.45. The molecule has 1 aromatic carbocycles. The number of fused-ring (bicyclic) bond motifs is 3. The third-order valence-electron chi connectivity index (χ3n) is 7.77. The van der Waals surface area contributed by atoms with E-state index in [9.17, 15) is 13.2 Å². The number of rotatable bonds is 3. The second-order valence-electron chi connectivity index (χ2n) is 10.1. The zero-order valence-corrected chi connectivity index (χ0v) is 20.7. The number of alkyl halides is 3. The van der Waals surface area contributed by atoms with Crippen LogP contribution in [0.2, 0.25) is 5.02 Å².